The van der Waals surface area contributed by atoms with Gasteiger partial charge in [0.25, 0.3) is 0 Å². The predicted molar refractivity (Wildman–Crippen MR) is 49.6 cm³/mol. The van der Waals surface area contributed by atoms with Crippen LogP contribution in [0.15, 0.2) is 23.1 Å². The lowest BCUT2D eigenvalue weighted by molar-refractivity contribution is 0.187. The van der Waals surface area contributed by atoms with Crippen LogP contribution in [0.4, 0.5) is 4.39 Å². The molecule has 0 aliphatic carbocycles. The molecule has 0 fully saturated rings. The summed E-state index contributed by atoms with van der Waals surface area (Å²) >= 11 is 1.56. The van der Waals surface area contributed by atoms with Gasteiger partial charge < -0.3 is 4.74 Å². The van der Waals surface area contributed by atoms with E-state index in [2.05, 4.69) is 0 Å². The van der Waals surface area contributed by atoms with E-state index in [9.17, 15) is 4.39 Å². The lowest BCUT2D eigenvalue weighted by Crippen LogP contribution is -1.91. The van der Waals surface area contributed by atoms with Gasteiger partial charge in [-0.25, -0.2) is 4.39 Å². The van der Waals surface area contributed by atoms with Gasteiger partial charge in [0.1, 0.15) is 5.75 Å². The van der Waals surface area contributed by atoms with Crippen molar-refractivity contribution in [2.24, 2.45) is 0 Å². The molecule has 0 saturated carbocycles. The summed E-state index contributed by atoms with van der Waals surface area (Å²) in [6.07, 6.45) is 1.94. The van der Waals surface area contributed by atoms with Gasteiger partial charge in [-0.15, -0.1) is 11.8 Å². The summed E-state index contributed by atoms with van der Waals surface area (Å²) in [7, 11) is 0. The molecule has 12 heavy (non-hydrogen) atoms. The first-order chi connectivity index (χ1) is 5.77. The number of ether oxygens (including phenoxy) is 1. The molecule has 1 aromatic carbocycles. The molecular formula is C9H11FOS. The van der Waals surface area contributed by atoms with Crippen molar-refractivity contribution in [3.63, 3.8) is 0 Å². The van der Waals surface area contributed by atoms with Crippen LogP contribution < -0.4 is 4.74 Å². The molecule has 0 amide bonds. The van der Waals surface area contributed by atoms with E-state index in [1.807, 2.05) is 25.3 Å². The summed E-state index contributed by atoms with van der Waals surface area (Å²) in [5.74, 6) is 0.621. The van der Waals surface area contributed by atoms with Crippen LogP contribution in [0.3, 0.4) is 0 Å². The van der Waals surface area contributed by atoms with E-state index in [-0.39, 0.29) is 0 Å². The highest BCUT2D eigenvalue weighted by Gasteiger charge is 2.01. The molecular weight excluding hydrogens is 175 g/mol. The van der Waals surface area contributed by atoms with Crippen LogP contribution in [-0.4, -0.2) is 13.1 Å². The molecule has 0 N–H and O–H groups in total. The van der Waals surface area contributed by atoms with E-state index < -0.39 is 6.86 Å². The monoisotopic (exact) mass is 186 g/mol. The summed E-state index contributed by atoms with van der Waals surface area (Å²) in [6.45, 7) is 1.23. The third-order valence-electron chi connectivity index (χ3n) is 1.53. The van der Waals surface area contributed by atoms with Crippen molar-refractivity contribution in [2.75, 3.05) is 13.1 Å². The summed E-state index contributed by atoms with van der Waals surface area (Å²) in [5, 5.41) is 0. The Morgan fingerprint density at radius 3 is 2.83 bits per heavy atom. The number of aryl methyl sites for hydroxylation is 1. The van der Waals surface area contributed by atoms with E-state index in [0.717, 1.165) is 10.5 Å². The average Bonchev–Trinajstić information content (AvgIpc) is 2.08. The second-order valence-electron chi connectivity index (χ2n) is 2.41. The van der Waals surface area contributed by atoms with Gasteiger partial charge in [-0.2, -0.15) is 0 Å². The molecule has 0 unspecified atom stereocenters. The molecule has 0 aliphatic rings. The minimum absolute atomic E-state index is 0.621. The zero-order chi connectivity index (χ0) is 8.97. The highest BCUT2D eigenvalue weighted by Crippen LogP contribution is 2.28. The van der Waals surface area contributed by atoms with Crippen molar-refractivity contribution < 1.29 is 9.13 Å². The number of halogens is 1. The zero-order valence-corrected chi connectivity index (χ0v) is 7.95. The van der Waals surface area contributed by atoms with Crippen molar-refractivity contribution >= 4 is 11.8 Å². The van der Waals surface area contributed by atoms with Crippen LogP contribution in [0.5, 0.6) is 5.75 Å². The van der Waals surface area contributed by atoms with Crippen LogP contribution in [-0.2, 0) is 0 Å². The fourth-order valence-corrected chi connectivity index (χ4v) is 1.58. The van der Waals surface area contributed by atoms with E-state index >= 15 is 0 Å². The maximum atomic E-state index is 11.9. The first-order valence-electron chi connectivity index (χ1n) is 3.61. The minimum Gasteiger partial charge on any atom is -0.462 e. The molecule has 0 radical (unpaired) electrons. The molecule has 1 nitrogen and oxygen atoms in total. The minimum atomic E-state index is -0.767. The fraction of sp³-hybridized carbons (Fsp3) is 0.333. The lowest BCUT2D eigenvalue weighted by Gasteiger charge is -2.06. The summed E-state index contributed by atoms with van der Waals surface area (Å²) in [4.78, 5) is 0.979. The molecule has 0 aliphatic heterocycles. The number of hydrogen-bond acceptors (Lipinski definition) is 2. The number of alkyl halides is 1. The lowest BCUT2D eigenvalue weighted by atomic mass is 10.2. The van der Waals surface area contributed by atoms with Crippen molar-refractivity contribution in [1.29, 1.82) is 0 Å². The van der Waals surface area contributed by atoms with Gasteiger partial charge in [-0.1, -0.05) is 6.07 Å². The normalized spacial score (nSPS) is 9.92. The number of thioether (sulfide) groups is 1. The fourth-order valence-electron chi connectivity index (χ4n) is 0.953. The van der Waals surface area contributed by atoms with Gasteiger partial charge in [-0.3, -0.25) is 0 Å². The van der Waals surface area contributed by atoms with Gasteiger partial charge in [0.05, 0.1) is 0 Å². The molecule has 3 heteroatoms. The van der Waals surface area contributed by atoms with Gasteiger partial charge in [-0.05, 0) is 30.9 Å². The Morgan fingerprint density at radius 2 is 2.25 bits per heavy atom. The Balaban J connectivity index is 2.94. The Morgan fingerprint density at radius 1 is 1.50 bits per heavy atom. The van der Waals surface area contributed by atoms with Gasteiger partial charge in [0.2, 0.25) is 6.86 Å². The summed E-state index contributed by atoms with van der Waals surface area (Å²) in [6, 6.07) is 5.68. The van der Waals surface area contributed by atoms with Crippen molar-refractivity contribution in [3.05, 3.63) is 23.8 Å². The van der Waals surface area contributed by atoms with Gasteiger partial charge in [0, 0.05) is 4.90 Å². The number of benzene rings is 1. The standard InChI is InChI=1S/C9H11FOS/c1-7-3-4-8(11-6-10)9(5-7)12-2/h3-5H,6H2,1-2H3. The largest absolute Gasteiger partial charge is 0.462 e. The van der Waals surface area contributed by atoms with Crippen LogP contribution in [0, 0.1) is 6.92 Å². The molecule has 0 spiro atoms. The molecule has 0 aromatic heterocycles. The Hall–Kier alpha value is -0.700. The smallest absolute Gasteiger partial charge is 0.228 e. The zero-order valence-electron chi connectivity index (χ0n) is 7.13. The van der Waals surface area contributed by atoms with Crippen molar-refractivity contribution in [3.8, 4) is 5.75 Å². The molecule has 1 rings (SSSR count). The van der Waals surface area contributed by atoms with Gasteiger partial charge in [0.15, 0.2) is 0 Å². The van der Waals surface area contributed by atoms with Crippen molar-refractivity contribution in [2.45, 2.75) is 11.8 Å². The maximum absolute atomic E-state index is 11.9. The van der Waals surface area contributed by atoms with Crippen LogP contribution in [0.25, 0.3) is 0 Å². The van der Waals surface area contributed by atoms with E-state index in [0.29, 0.717) is 5.75 Å². The second kappa shape index (κ2) is 4.36. The van der Waals surface area contributed by atoms with Crippen molar-refractivity contribution in [1.82, 2.24) is 0 Å². The topological polar surface area (TPSA) is 9.23 Å². The Labute approximate surface area is 75.9 Å². The molecule has 0 saturated heterocycles. The Kier molecular flexibility index (Phi) is 3.41. The average molecular weight is 186 g/mol. The summed E-state index contributed by atoms with van der Waals surface area (Å²) in [5.41, 5.74) is 1.16. The third kappa shape index (κ3) is 2.14. The number of rotatable bonds is 3. The van der Waals surface area contributed by atoms with E-state index in [4.69, 9.17) is 4.74 Å². The quantitative estimate of drug-likeness (QED) is 0.671. The highest BCUT2D eigenvalue weighted by molar-refractivity contribution is 7.98. The SMILES string of the molecule is CSc1cc(C)ccc1OCF. The first-order valence-corrected chi connectivity index (χ1v) is 4.84. The van der Waals surface area contributed by atoms with Crippen LogP contribution >= 0.6 is 11.8 Å². The highest BCUT2D eigenvalue weighted by atomic mass is 32.2. The third-order valence-corrected chi connectivity index (χ3v) is 2.29. The maximum Gasteiger partial charge on any atom is 0.228 e. The second-order valence-corrected chi connectivity index (χ2v) is 3.26. The first kappa shape index (κ1) is 9.39. The number of hydrogen-bond donors (Lipinski definition) is 0. The molecule has 0 bridgehead atoms. The van der Waals surface area contributed by atoms with Gasteiger partial charge >= 0.3 is 0 Å². The molecule has 66 valence electrons. The van der Waals surface area contributed by atoms with E-state index in [1.165, 1.54) is 0 Å². The molecule has 1 aromatic rings. The summed E-state index contributed by atoms with van der Waals surface area (Å²) < 4.78 is 16.7. The predicted octanol–water partition coefficient (Wildman–Crippen LogP) is 3.02. The van der Waals surface area contributed by atoms with Crippen LogP contribution in [0.2, 0.25) is 0 Å². The molecule has 0 atom stereocenters. The van der Waals surface area contributed by atoms with E-state index in [1.54, 1.807) is 17.8 Å². The van der Waals surface area contributed by atoms with Crippen LogP contribution in [0.1, 0.15) is 5.56 Å². The Bertz CT molecular complexity index is 263. The molecule has 0 heterocycles.